The maximum absolute atomic E-state index is 13.6. The van der Waals surface area contributed by atoms with Crippen molar-refractivity contribution in [3.8, 4) is 10.6 Å². The number of nitrogens with zero attached hydrogens (tertiary/aromatic N) is 4. The molecule has 2 aromatic rings. The van der Waals surface area contributed by atoms with Crippen LogP contribution in [0.15, 0.2) is 30.2 Å². The molecule has 2 aromatic heterocycles. The molecule has 1 amide bonds. The summed E-state index contributed by atoms with van der Waals surface area (Å²) in [6, 6.07) is 3.43. The zero-order valence-electron chi connectivity index (χ0n) is 19.7. The van der Waals surface area contributed by atoms with Crippen molar-refractivity contribution in [1.29, 1.82) is 5.41 Å². The van der Waals surface area contributed by atoms with E-state index in [4.69, 9.17) is 5.41 Å². The molecule has 1 saturated heterocycles. The van der Waals surface area contributed by atoms with Gasteiger partial charge in [-0.05, 0) is 32.1 Å². The van der Waals surface area contributed by atoms with E-state index in [9.17, 15) is 22.4 Å². The second-order valence-corrected chi connectivity index (χ2v) is 9.90. The average Bonchev–Trinajstić information content (AvgIpc) is 3.29. The van der Waals surface area contributed by atoms with Gasteiger partial charge in [0.2, 0.25) is 5.95 Å². The van der Waals surface area contributed by atoms with Crippen molar-refractivity contribution in [3.05, 3.63) is 40.7 Å². The van der Waals surface area contributed by atoms with Gasteiger partial charge in [-0.3, -0.25) is 14.4 Å². The van der Waals surface area contributed by atoms with Crippen molar-refractivity contribution in [3.63, 3.8) is 0 Å². The molecule has 9 nitrogen and oxygen atoms in total. The van der Waals surface area contributed by atoms with E-state index < -0.39 is 30.8 Å². The molecule has 0 spiro atoms. The van der Waals surface area contributed by atoms with Crippen LogP contribution in [-0.4, -0.2) is 77.3 Å². The summed E-state index contributed by atoms with van der Waals surface area (Å²) in [5.41, 5.74) is 0.280. The van der Waals surface area contributed by atoms with Crippen molar-refractivity contribution in [2.24, 2.45) is 0 Å². The lowest BCUT2D eigenvalue weighted by Crippen LogP contribution is -2.56. The van der Waals surface area contributed by atoms with Gasteiger partial charge in [-0.1, -0.05) is 0 Å². The number of carbonyl (C=O) groups is 1. The van der Waals surface area contributed by atoms with Crippen LogP contribution in [0.3, 0.4) is 0 Å². The van der Waals surface area contributed by atoms with E-state index in [1.807, 2.05) is 13.8 Å². The number of amides is 1. The summed E-state index contributed by atoms with van der Waals surface area (Å²) in [7, 11) is 1.69. The molecule has 14 heteroatoms. The molecule has 36 heavy (non-hydrogen) atoms. The van der Waals surface area contributed by atoms with E-state index in [-0.39, 0.29) is 19.0 Å². The molecule has 1 fully saturated rings. The standard InChI is InChI=1S/C22H25F4N7O2S/c1-20(2)17-13(18(34)33(20)9-8-32-11-21(23,24)35-22(25,26)12-32)10-15(36-17)14-5-7-29-19(30-14)31-16(28-3)4-6-27/h4-7,10,27-28H,8-9,11-12H2,1-3H3,(H,29,30,31)/b16-4+,27-6?. The van der Waals surface area contributed by atoms with Crippen LogP contribution in [0.2, 0.25) is 0 Å². The van der Waals surface area contributed by atoms with Crippen molar-refractivity contribution in [2.45, 2.75) is 31.6 Å². The molecule has 0 bridgehead atoms. The summed E-state index contributed by atoms with van der Waals surface area (Å²) in [6.07, 6.45) is -3.74. The lowest BCUT2D eigenvalue weighted by molar-refractivity contribution is -0.405. The molecule has 4 rings (SSSR count). The summed E-state index contributed by atoms with van der Waals surface area (Å²) in [5.74, 6) is 0.525. The minimum Gasteiger partial charge on any atom is -0.375 e. The first kappa shape index (κ1) is 26.0. The third kappa shape index (κ3) is 5.20. The van der Waals surface area contributed by atoms with Gasteiger partial charge in [-0.2, -0.15) is 17.6 Å². The monoisotopic (exact) mass is 527 g/mol. The Hall–Kier alpha value is -3.10. The molecule has 0 aromatic carbocycles. The molecular formula is C22H25F4N7O2S. The molecule has 0 atom stereocenters. The van der Waals surface area contributed by atoms with Crippen LogP contribution in [0.25, 0.3) is 10.6 Å². The number of halogens is 4. The van der Waals surface area contributed by atoms with Crippen molar-refractivity contribution in [2.75, 3.05) is 38.5 Å². The molecule has 0 radical (unpaired) electrons. The Bertz CT molecular complexity index is 1180. The fraction of sp³-hybridized carbons (Fsp3) is 0.455. The Morgan fingerprint density at radius 2 is 1.94 bits per heavy atom. The van der Waals surface area contributed by atoms with Gasteiger partial charge in [0.25, 0.3) is 5.91 Å². The fourth-order valence-electron chi connectivity index (χ4n) is 4.24. The second-order valence-electron chi connectivity index (χ2n) is 8.84. The number of allylic oxidation sites excluding steroid dienone is 1. The Labute approximate surface area is 208 Å². The number of hydrogen-bond donors (Lipinski definition) is 3. The minimum absolute atomic E-state index is 0.00243. The smallest absolute Gasteiger partial charge is 0.372 e. The number of carbonyl (C=O) groups excluding carboxylic acids is 1. The van der Waals surface area contributed by atoms with Crippen LogP contribution in [0.4, 0.5) is 23.5 Å². The molecule has 0 saturated carbocycles. The third-order valence-corrected chi connectivity index (χ3v) is 7.34. The number of nitrogens with one attached hydrogen (secondary N) is 3. The SMILES string of the molecule is CN/C(=C\C=N)Nc1nccc(-c2cc3c(s2)C(C)(C)N(CCN2CC(F)(F)OC(F)(F)C2)C3=O)n1. The zero-order valence-corrected chi connectivity index (χ0v) is 20.6. The molecule has 2 aliphatic heterocycles. The molecule has 0 aliphatic carbocycles. The van der Waals surface area contributed by atoms with Crippen LogP contribution in [0, 0.1) is 5.41 Å². The summed E-state index contributed by atoms with van der Waals surface area (Å²) >= 11 is 1.37. The van der Waals surface area contributed by atoms with Crippen molar-refractivity contribution < 1.29 is 27.1 Å². The Morgan fingerprint density at radius 3 is 2.56 bits per heavy atom. The normalized spacial score (nSPS) is 20.8. The average molecular weight is 528 g/mol. The lowest BCUT2D eigenvalue weighted by atomic mass is 10.0. The highest BCUT2D eigenvalue weighted by molar-refractivity contribution is 7.16. The predicted molar refractivity (Wildman–Crippen MR) is 126 cm³/mol. The Morgan fingerprint density at radius 1 is 1.25 bits per heavy atom. The quantitative estimate of drug-likeness (QED) is 0.356. The summed E-state index contributed by atoms with van der Waals surface area (Å²) < 4.78 is 57.8. The van der Waals surface area contributed by atoms with E-state index in [1.54, 1.807) is 25.4 Å². The largest absolute Gasteiger partial charge is 0.375 e. The number of alkyl halides is 4. The third-order valence-electron chi connectivity index (χ3n) is 5.87. The summed E-state index contributed by atoms with van der Waals surface area (Å²) in [4.78, 5) is 25.8. The van der Waals surface area contributed by atoms with Gasteiger partial charge in [0.15, 0.2) is 0 Å². The highest BCUT2D eigenvalue weighted by atomic mass is 32.1. The van der Waals surface area contributed by atoms with E-state index >= 15 is 0 Å². The maximum atomic E-state index is 13.6. The first-order chi connectivity index (χ1) is 16.8. The first-order valence-corrected chi connectivity index (χ1v) is 11.8. The van der Waals surface area contributed by atoms with Gasteiger partial charge in [-0.25, -0.2) is 9.97 Å². The highest BCUT2D eigenvalue weighted by Crippen LogP contribution is 2.46. The van der Waals surface area contributed by atoms with Crippen LogP contribution in [-0.2, 0) is 10.3 Å². The number of aromatic nitrogens is 2. The van der Waals surface area contributed by atoms with Gasteiger partial charge in [-0.15, -0.1) is 11.3 Å². The number of ether oxygens (including phenoxy) is 1. The van der Waals surface area contributed by atoms with Crippen molar-refractivity contribution >= 4 is 29.4 Å². The second kappa shape index (κ2) is 9.41. The fourth-order valence-corrected chi connectivity index (χ4v) is 5.47. The predicted octanol–water partition coefficient (Wildman–Crippen LogP) is 3.54. The number of anilines is 1. The zero-order chi connectivity index (χ0) is 26.3. The lowest BCUT2D eigenvalue weighted by Gasteiger charge is -2.39. The number of fused-ring (bicyclic) bond motifs is 1. The van der Waals surface area contributed by atoms with Gasteiger partial charge in [0, 0.05) is 37.4 Å². The minimum atomic E-state index is -3.96. The number of hydrogen-bond acceptors (Lipinski definition) is 9. The topological polar surface area (TPSA) is 106 Å². The summed E-state index contributed by atoms with van der Waals surface area (Å²) in [5, 5.41) is 13.0. The molecule has 2 aliphatic rings. The van der Waals surface area contributed by atoms with Crippen molar-refractivity contribution in [1.82, 2.24) is 25.1 Å². The molecule has 194 valence electrons. The van der Waals surface area contributed by atoms with E-state index in [0.717, 1.165) is 20.9 Å². The molecule has 3 N–H and O–H groups in total. The van der Waals surface area contributed by atoms with Gasteiger partial charge in [0.05, 0.1) is 34.8 Å². The van der Waals surface area contributed by atoms with E-state index in [2.05, 4.69) is 25.3 Å². The van der Waals surface area contributed by atoms with Crippen LogP contribution in [0.1, 0.15) is 29.1 Å². The van der Waals surface area contributed by atoms with Gasteiger partial charge >= 0.3 is 12.2 Å². The summed E-state index contributed by atoms with van der Waals surface area (Å²) in [6.45, 7) is 1.57. The Kier molecular flexibility index (Phi) is 6.79. The maximum Gasteiger partial charge on any atom is 0.372 e. The highest BCUT2D eigenvalue weighted by Gasteiger charge is 2.52. The van der Waals surface area contributed by atoms with Crippen LogP contribution in [0.5, 0.6) is 0 Å². The van der Waals surface area contributed by atoms with Crippen LogP contribution >= 0.6 is 11.3 Å². The number of rotatable bonds is 8. The first-order valence-electron chi connectivity index (χ1n) is 11.0. The van der Waals surface area contributed by atoms with E-state index in [1.165, 1.54) is 22.3 Å². The molecule has 0 unspecified atom stereocenters. The van der Waals surface area contributed by atoms with Crippen LogP contribution < -0.4 is 10.6 Å². The van der Waals surface area contributed by atoms with E-state index in [0.29, 0.717) is 23.0 Å². The van der Waals surface area contributed by atoms with Gasteiger partial charge < -0.3 is 20.9 Å². The Balaban J connectivity index is 1.51. The molecule has 4 heterocycles. The molecular weight excluding hydrogens is 502 g/mol. The number of morpholine rings is 1. The van der Waals surface area contributed by atoms with Gasteiger partial charge in [0.1, 0.15) is 5.82 Å². The number of thiophene rings is 1.